The Balaban J connectivity index is 0.00000144. The molecule has 1 saturated heterocycles. The number of nitrogens with zero attached hydrogens (tertiary/aromatic N) is 1. The van der Waals surface area contributed by atoms with Crippen molar-refractivity contribution in [3.63, 3.8) is 0 Å². The molecule has 0 bridgehead atoms. The number of halogens is 1. The maximum absolute atomic E-state index is 12.9. The third-order valence-corrected chi connectivity index (χ3v) is 5.97. The number of rotatable bonds is 2. The summed E-state index contributed by atoms with van der Waals surface area (Å²) in [4.78, 5) is 14.9. The zero-order chi connectivity index (χ0) is 14.4. The van der Waals surface area contributed by atoms with Crippen LogP contribution < -0.4 is 5.32 Å². The number of benzene rings is 1. The van der Waals surface area contributed by atoms with E-state index in [9.17, 15) is 4.79 Å². The van der Waals surface area contributed by atoms with Gasteiger partial charge in [-0.25, -0.2) is 0 Å². The summed E-state index contributed by atoms with van der Waals surface area (Å²) in [6.45, 7) is 2.09. The second-order valence-electron chi connectivity index (χ2n) is 7.00. The Hall–Kier alpha value is -1.06. The van der Waals surface area contributed by atoms with E-state index in [4.69, 9.17) is 0 Å². The Kier molecular flexibility index (Phi) is 4.21. The van der Waals surface area contributed by atoms with Crippen LogP contribution in [0.4, 0.5) is 0 Å². The van der Waals surface area contributed by atoms with Crippen molar-refractivity contribution in [1.29, 1.82) is 0 Å². The minimum atomic E-state index is 0. The number of fused-ring (bicyclic) bond motifs is 2. The van der Waals surface area contributed by atoms with E-state index in [1.165, 1.54) is 17.5 Å². The van der Waals surface area contributed by atoms with E-state index in [0.29, 0.717) is 11.9 Å². The summed E-state index contributed by atoms with van der Waals surface area (Å²) in [5, 5.41) is 3.38. The van der Waals surface area contributed by atoms with Gasteiger partial charge in [-0.1, -0.05) is 24.3 Å². The standard InChI is InChI=1S/C18H24N2O.ClH/c1-20(14-7-10-19-11-8-14)17(21)16-12-18(16)9-6-13-4-2-3-5-15(13)18;/h2-5,14,16,19H,6-12H2,1H3;1H. The minimum Gasteiger partial charge on any atom is -0.342 e. The monoisotopic (exact) mass is 320 g/mol. The molecule has 2 atom stereocenters. The number of hydrogen-bond acceptors (Lipinski definition) is 2. The number of piperidine rings is 1. The summed E-state index contributed by atoms with van der Waals surface area (Å²) in [5.41, 5.74) is 3.12. The number of hydrogen-bond donors (Lipinski definition) is 1. The van der Waals surface area contributed by atoms with Crippen molar-refractivity contribution in [3.8, 4) is 0 Å². The molecule has 2 fully saturated rings. The van der Waals surface area contributed by atoms with Crippen LogP contribution in [0.25, 0.3) is 0 Å². The summed E-state index contributed by atoms with van der Waals surface area (Å²) >= 11 is 0. The second-order valence-corrected chi connectivity index (χ2v) is 7.00. The molecule has 1 aromatic carbocycles. The molecular weight excluding hydrogens is 296 g/mol. The van der Waals surface area contributed by atoms with Gasteiger partial charge < -0.3 is 10.2 Å². The smallest absolute Gasteiger partial charge is 0.226 e. The summed E-state index contributed by atoms with van der Waals surface area (Å²) in [6.07, 6.45) is 5.58. The van der Waals surface area contributed by atoms with Crippen LogP contribution in [-0.4, -0.2) is 37.0 Å². The zero-order valence-corrected chi connectivity index (χ0v) is 14.0. The van der Waals surface area contributed by atoms with Crippen molar-refractivity contribution < 1.29 is 4.79 Å². The SMILES string of the molecule is CN(C(=O)C1CC12CCc1ccccc12)C1CCNCC1.Cl. The maximum Gasteiger partial charge on any atom is 0.226 e. The summed E-state index contributed by atoms with van der Waals surface area (Å²) in [7, 11) is 2.02. The summed E-state index contributed by atoms with van der Waals surface area (Å²) in [6, 6.07) is 9.18. The fourth-order valence-corrected chi connectivity index (χ4v) is 4.54. The summed E-state index contributed by atoms with van der Waals surface area (Å²) < 4.78 is 0. The van der Waals surface area contributed by atoms with Crippen LogP contribution in [0.1, 0.15) is 36.8 Å². The summed E-state index contributed by atoms with van der Waals surface area (Å²) in [5.74, 6) is 0.625. The molecule has 0 radical (unpaired) electrons. The highest BCUT2D eigenvalue weighted by Gasteiger charge is 2.62. The molecule has 4 heteroatoms. The van der Waals surface area contributed by atoms with Gasteiger partial charge >= 0.3 is 0 Å². The van der Waals surface area contributed by atoms with E-state index in [1.54, 1.807) is 0 Å². The van der Waals surface area contributed by atoms with E-state index >= 15 is 0 Å². The Bertz CT molecular complexity index is 570. The first-order valence-electron chi connectivity index (χ1n) is 8.28. The normalized spacial score (nSPS) is 29.8. The number of amides is 1. The Morgan fingerprint density at radius 3 is 2.77 bits per heavy atom. The van der Waals surface area contributed by atoms with E-state index in [0.717, 1.165) is 38.8 Å². The van der Waals surface area contributed by atoms with Gasteiger partial charge in [-0.05, 0) is 56.3 Å². The Morgan fingerprint density at radius 2 is 2.00 bits per heavy atom. The molecule has 1 heterocycles. The van der Waals surface area contributed by atoms with Gasteiger partial charge in [0.25, 0.3) is 0 Å². The molecule has 1 aliphatic heterocycles. The molecule has 22 heavy (non-hydrogen) atoms. The lowest BCUT2D eigenvalue weighted by molar-refractivity contribution is -0.134. The third kappa shape index (κ3) is 2.35. The first-order valence-corrected chi connectivity index (χ1v) is 8.28. The van der Waals surface area contributed by atoms with Gasteiger partial charge in [0.1, 0.15) is 0 Å². The number of carbonyl (C=O) groups is 1. The molecule has 0 aromatic heterocycles. The predicted octanol–water partition coefficient (Wildman–Crippen LogP) is 2.52. The first kappa shape index (κ1) is 15.8. The van der Waals surface area contributed by atoms with Crippen LogP contribution in [0.2, 0.25) is 0 Å². The van der Waals surface area contributed by atoms with Gasteiger partial charge in [-0.2, -0.15) is 0 Å². The van der Waals surface area contributed by atoms with Gasteiger partial charge in [-0.3, -0.25) is 4.79 Å². The third-order valence-electron chi connectivity index (χ3n) is 5.97. The van der Waals surface area contributed by atoms with Crippen molar-refractivity contribution in [3.05, 3.63) is 35.4 Å². The number of aryl methyl sites for hydroxylation is 1. The maximum atomic E-state index is 12.9. The lowest BCUT2D eigenvalue weighted by Gasteiger charge is -2.32. The van der Waals surface area contributed by atoms with Gasteiger partial charge in [-0.15, -0.1) is 12.4 Å². The molecule has 1 saturated carbocycles. The topological polar surface area (TPSA) is 32.3 Å². The molecule has 3 nitrogen and oxygen atoms in total. The van der Waals surface area contributed by atoms with Crippen molar-refractivity contribution >= 4 is 18.3 Å². The van der Waals surface area contributed by atoms with E-state index in [-0.39, 0.29) is 23.7 Å². The molecule has 3 aliphatic rings. The second kappa shape index (κ2) is 5.86. The largest absolute Gasteiger partial charge is 0.342 e. The molecule has 1 aromatic rings. The average Bonchev–Trinajstić information content (AvgIpc) is 3.16. The fourth-order valence-electron chi connectivity index (χ4n) is 4.54. The quantitative estimate of drug-likeness (QED) is 0.908. The lowest BCUT2D eigenvalue weighted by Crippen LogP contribution is -2.45. The van der Waals surface area contributed by atoms with Crippen LogP contribution in [-0.2, 0) is 16.6 Å². The molecule has 2 unspecified atom stereocenters. The average molecular weight is 321 g/mol. The van der Waals surface area contributed by atoms with Crippen LogP contribution >= 0.6 is 12.4 Å². The number of nitrogens with one attached hydrogen (secondary N) is 1. The first-order chi connectivity index (χ1) is 10.2. The Labute approximate surface area is 138 Å². The van der Waals surface area contributed by atoms with Gasteiger partial charge in [0.2, 0.25) is 5.91 Å². The molecule has 120 valence electrons. The highest BCUT2D eigenvalue weighted by atomic mass is 35.5. The molecule has 1 N–H and O–H groups in total. The zero-order valence-electron chi connectivity index (χ0n) is 13.2. The lowest BCUT2D eigenvalue weighted by atomic mass is 9.94. The van der Waals surface area contributed by atoms with Crippen molar-refractivity contribution in [1.82, 2.24) is 10.2 Å². The molecule has 1 spiro atoms. The van der Waals surface area contributed by atoms with Crippen molar-refractivity contribution in [2.45, 2.75) is 43.6 Å². The van der Waals surface area contributed by atoms with Crippen LogP contribution in [0.3, 0.4) is 0 Å². The van der Waals surface area contributed by atoms with Crippen LogP contribution in [0, 0.1) is 5.92 Å². The van der Waals surface area contributed by atoms with E-state index in [1.807, 2.05) is 7.05 Å². The molecule has 2 aliphatic carbocycles. The molecular formula is C18H25ClN2O. The van der Waals surface area contributed by atoms with Gasteiger partial charge in [0.15, 0.2) is 0 Å². The molecule has 1 amide bonds. The van der Waals surface area contributed by atoms with Crippen molar-refractivity contribution in [2.75, 3.05) is 20.1 Å². The van der Waals surface area contributed by atoms with Crippen LogP contribution in [0.15, 0.2) is 24.3 Å². The van der Waals surface area contributed by atoms with Crippen LogP contribution in [0.5, 0.6) is 0 Å². The van der Waals surface area contributed by atoms with E-state index < -0.39 is 0 Å². The highest BCUT2D eigenvalue weighted by molar-refractivity contribution is 5.85. The fraction of sp³-hybridized carbons (Fsp3) is 0.611. The molecule has 4 rings (SSSR count). The number of carbonyl (C=O) groups excluding carboxylic acids is 1. The minimum absolute atomic E-state index is 0. The predicted molar refractivity (Wildman–Crippen MR) is 90.5 cm³/mol. The van der Waals surface area contributed by atoms with Gasteiger partial charge in [0, 0.05) is 24.4 Å². The Morgan fingerprint density at radius 1 is 1.27 bits per heavy atom. The highest BCUT2D eigenvalue weighted by Crippen LogP contribution is 2.62. The van der Waals surface area contributed by atoms with Crippen molar-refractivity contribution in [2.24, 2.45) is 5.92 Å². The van der Waals surface area contributed by atoms with Gasteiger partial charge in [0.05, 0.1) is 0 Å². The van der Waals surface area contributed by atoms with E-state index in [2.05, 4.69) is 34.5 Å².